The second-order valence-electron chi connectivity index (χ2n) is 8.47. The number of likely N-dealkylation sites (N-methyl/N-ethyl adjacent to an activating group) is 2. The average molecular weight is 475 g/mol. The van der Waals surface area contributed by atoms with Crippen molar-refractivity contribution in [3.8, 4) is 0 Å². The third-order valence-electron chi connectivity index (χ3n) is 6.01. The fourth-order valence-electron chi connectivity index (χ4n) is 3.69. The second kappa shape index (κ2) is 12.1. The highest BCUT2D eigenvalue weighted by atomic mass is 16.2. The van der Waals surface area contributed by atoms with Crippen LogP contribution in [0.25, 0.3) is 0 Å². The summed E-state index contributed by atoms with van der Waals surface area (Å²) in [5.74, 6) is 0.0881. The van der Waals surface area contributed by atoms with Crippen molar-refractivity contribution >= 4 is 29.1 Å². The molecule has 0 radical (unpaired) electrons. The Hall–Kier alpha value is -3.78. The van der Waals surface area contributed by atoms with Crippen LogP contribution in [0.5, 0.6) is 0 Å². The molecule has 0 aliphatic carbocycles. The summed E-state index contributed by atoms with van der Waals surface area (Å²) in [6, 6.07) is 13.1. The number of carbonyl (C=O) groups is 2. The van der Waals surface area contributed by atoms with Gasteiger partial charge in [0.05, 0.1) is 5.56 Å². The number of para-hydroxylation sites is 1. The number of carbonyl (C=O) groups excluding carboxylic acids is 2. The molecule has 2 amide bonds. The summed E-state index contributed by atoms with van der Waals surface area (Å²) in [5, 5.41) is 6.04. The van der Waals surface area contributed by atoms with E-state index in [4.69, 9.17) is 0 Å². The molecule has 0 fully saturated rings. The van der Waals surface area contributed by atoms with E-state index in [2.05, 4.69) is 39.3 Å². The van der Waals surface area contributed by atoms with Crippen LogP contribution in [0.2, 0.25) is 0 Å². The zero-order chi connectivity index (χ0) is 25.4. The molecule has 8 nitrogen and oxygen atoms in total. The minimum absolute atomic E-state index is 0.0146. The summed E-state index contributed by atoms with van der Waals surface area (Å²) >= 11 is 0. The van der Waals surface area contributed by atoms with Gasteiger partial charge in [0.2, 0.25) is 5.95 Å². The fourth-order valence-corrected chi connectivity index (χ4v) is 3.69. The number of anilines is 3. The molecule has 0 bridgehead atoms. The third kappa shape index (κ3) is 6.86. The number of hydrogen-bond donors (Lipinski definition) is 2. The van der Waals surface area contributed by atoms with Gasteiger partial charge in [-0.05, 0) is 62.3 Å². The molecule has 2 N–H and O–H groups in total. The van der Waals surface area contributed by atoms with Gasteiger partial charge in [-0.15, -0.1) is 0 Å². The van der Waals surface area contributed by atoms with E-state index in [0.717, 1.165) is 42.1 Å². The standard InChI is InChI=1S/C27H34N6O2/c1-6-33(7-2)16-15-32(5)26(35)21-11-13-23(14-12-21)30-27-28-17-22(18-29-27)25(34)31-24-19(3)9-8-10-20(24)4/h8-14,17-18H,6-7,15-16H2,1-5H3,(H,31,34)(H,28,29,30). The predicted molar refractivity (Wildman–Crippen MR) is 140 cm³/mol. The van der Waals surface area contributed by atoms with Gasteiger partial charge in [-0.1, -0.05) is 32.0 Å². The second-order valence-corrected chi connectivity index (χ2v) is 8.47. The van der Waals surface area contributed by atoms with Gasteiger partial charge >= 0.3 is 0 Å². The largest absolute Gasteiger partial charge is 0.340 e. The number of benzene rings is 2. The Balaban J connectivity index is 1.58. The minimum atomic E-state index is -0.262. The van der Waals surface area contributed by atoms with Gasteiger partial charge in [0, 0.05) is 49.5 Å². The van der Waals surface area contributed by atoms with Gasteiger partial charge in [-0.25, -0.2) is 9.97 Å². The summed E-state index contributed by atoms with van der Waals surface area (Å²) < 4.78 is 0. The molecule has 3 aromatic rings. The van der Waals surface area contributed by atoms with Crippen LogP contribution in [-0.4, -0.2) is 64.8 Å². The first kappa shape index (κ1) is 25.8. The van der Waals surface area contributed by atoms with Crippen molar-refractivity contribution in [1.29, 1.82) is 0 Å². The molecule has 1 heterocycles. The SMILES string of the molecule is CCN(CC)CCN(C)C(=O)c1ccc(Nc2ncc(C(=O)Nc3c(C)cccc3C)cn2)cc1. The molecule has 1 aromatic heterocycles. The normalized spacial score (nSPS) is 10.8. The molecule has 0 saturated carbocycles. The average Bonchev–Trinajstić information content (AvgIpc) is 2.87. The zero-order valence-corrected chi connectivity index (χ0v) is 21.1. The van der Waals surface area contributed by atoms with Crippen molar-refractivity contribution in [3.05, 3.63) is 77.1 Å². The van der Waals surface area contributed by atoms with Crippen LogP contribution >= 0.6 is 0 Å². The van der Waals surface area contributed by atoms with Crippen LogP contribution in [0.4, 0.5) is 17.3 Å². The molecule has 0 unspecified atom stereocenters. The van der Waals surface area contributed by atoms with Crippen LogP contribution in [0.15, 0.2) is 54.9 Å². The highest BCUT2D eigenvalue weighted by Gasteiger charge is 2.13. The number of hydrogen-bond acceptors (Lipinski definition) is 6. The number of amides is 2. The van der Waals surface area contributed by atoms with Crippen LogP contribution < -0.4 is 10.6 Å². The van der Waals surface area contributed by atoms with Gasteiger partial charge in [0.15, 0.2) is 0 Å². The number of aromatic nitrogens is 2. The van der Waals surface area contributed by atoms with E-state index in [1.807, 2.05) is 51.2 Å². The zero-order valence-electron chi connectivity index (χ0n) is 21.1. The Bertz CT molecular complexity index is 1120. The molecule has 184 valence electrons. The van der Waals surface area contributed by atoms with Gasteiger partial charge in [0.1, 0.15) is 0 Å². The first-order chi connectivity index (χ1) is 16.8. The summed E-state index contributed by atoms with van der Waals surface area (Å²) in [6.07, 6.45) is 2.97. The molecule has 0 aliphatic heterocycles. The lowest BCUT2D eigenvalue weighted by Gasteiger charge is -2.23. The molecule has 0 spiro atoms. The first-order valence-corrected chi connectivity index (χ1v) is 11.9. The quantitative estimate of drug-likeness (QED) is 0.450. The first-order valence-electron chi connectivity index (χ1n) is 11.9. The molecule has 0 atom stereocenters. The lowest BCUT2D eigenvalue weighted by molar-refractivity contribution is 0.0779. The molecule has 0 saturated heterocycles. The molecule has 0 aliphatic rings. The Kier molecular flexibility index (Phi) is 8.92. The Labute approximate surface area is 207 Å². The number of rotatable bonds is 10. The van der Waals surface area contributed by atoms with Crippen LogP contribution in [-0.2, 0) is 0 Å². The Morgan fingerprint density at radius 2 is 1.46 bits per heavy atom. The maximum Gasteiger partial charge on any atom is 0.258 e. The van der Waals surface area contributed by atoms with E-state index in [0.29, 0.717) is 23.6 Å². The van der Waals surface area contributed by atoms with Gasteiger partial charge in [-0.3, -0.25) is 9.59 Å². The lowest BCUT2D eigenvalue weighted by atomic mass is 10.1. The van der Waals surface area contributed by atoms with Gasteiger partial charge < -0.3 is 20.4 Å². The van der Waals surface area contributed by atoms with Crippen molar-refractivity contribution in [2.24, 2.45) is 0 Å². The Morgan fingerprint density at radius 3 is 2.03 bits per heavy atom. The maximum atomic E-state index is 12.7. The monoisotopic (exact) mass is 474 g/mol. The molecule has 8 heteroatoms. The number of aryl methyl sites for hydroxylation is 2. The summed E-state index contributed by atoms with van der Waals surface area (Å²) in [5.41, 5.74) is 4.53. The molecule has 3 rings (SSSR count). The van der Waals surface area contributed by atoms with Crippen molar-refractivity contribution in [2.45, 2.75) is 27.7 Å². The van der Waals surface area contributed by atoms with E-state index in [1.54, 1.807) is 17.0 Å². The highest BCUT2D eigenvalue weighted by molar-refractivity contribution is 6.04. The van der Waals surface area contributed by atoms with Crippen molar-refractivity contribution < 1.29 is 9.59 Å². The highest BCUT2D eigenvalue weighted by Crippen LogP contribution is 2.20. The summed E-state index contributed by atoms with van der Waals surface area (Å²) in [7, 11) is 1.82. The minimum Gasteiger partial charge on any atom is -0.340 e. The van der Waals surface area contributed by atoms with Gasteiger partial charge in [-0.2, -0.15) is 0 Å². The van der Waals surface area contributed by atoms with Crippen molar-refractivity contribution in [3.63, 3.8) is 0 Å². The van der Waals surface area contributed by atoms with Crippen LogP contribution in [0.1, 0.15) is 45.7 Å². The smallest absolute Gasteiger partial charge is 0.258 e. The van der Waals surface area contributed by atoms with Crippen molar-refractivity contribution in [1.82, 2.24) is 19.8 Å². The van der Waals surface area contributed by atoms with E-state index in [-0.39, 0.29) is 11.8 Å². The van der Waals surface area contributed by atoms with E-state index in [9.17, 15) is 9.59 Å². The lowest BCUT2D eigenvalue weighted by Crippen LogP contribution is -2.36. The van der Waals surface area contributed by atoms with Gasteiger partial charge in [0.25, 0.3) is 11.8 Å². The predicted octanol–water partition coefficient (Wildman–Crippen LogP) is 4.50. The maximum absolute atomic E-state index is 12.7. The van der Waals surface area contributed by atoms with E-state index < -0.39 is 0 Å². The third-order valence-corrected chi connectivity index (χ3v) is 6.01. The van der Waals surface area contributed by atoms with Crippen LogP contribution in [0, 0.1) is 13.8 Å². The Morgan fingerprint density at radius 1 is 0.857 bits per heavy atom. The van der Waals surface area contributed by atoms with E-state index >= 15 is 0 Å². The van der Waals surface area contributed by atoms with Crippen LogP contribution in [0.3, 0.4) is 0 Å². The fraction of sp³-hybridized carbons (Fsp3) is 0.333. The molecular weight excluding hydrogens is 440 g/mol. The summed E-state index contributed by atoms with van der Waals surface area (Å²) in [6.45, 7) is 11.6. The number of nitrogens with one attached hydrogen (secondary N) is 2. The molecular formula is C27H34N6O2. The van der Waals surface area contributed by atoms with Crippen molar-refractivity contribution in [2.75, 3.05) is 43.9 Å². The van der Waals surface area contributed by atoms with E-state index in [1.165, 1.54) is 12.4 Å². The summed E-state index contributed by atoms with van der Waals surface area (Å²) in [4.78, 5) is 37.9. The molecule has 2 aromatic carbocycles. The molecule has 35 heavy (non-hydrogen) atoms. The number of nitrogens with zero attached hydrogens (tertiary/aromatic N) is 4. The topological polar surface area (TPSA) is 90.5 Å².